The first kappa shape index (κ1) is 4.51. The van der Waals surface area contributed by atoms with Crippen LogP contribution in [0.3, 0.4) is 0 Å². The van der Waals surface area contributed by atoms with E-state index in [1.165, 1.54) is 0 Å². The second-order valence-electron chi connectivity index (χ2n) is 1.63. The van der Waals surface area contributed by atoms with Crippen molar-refractivity contribution in [3.05, 3.63) is 19.8 Å². The zero-order valence-corrected chi connectivity index (χ0v) is 7.18. The Kier molecular flexibility index (Phi) is 1.41. The van der Waals surface area contributed by atoms with E-state index in [-0.39, 0.29) is 0 Å². The van der Waals surface area contributed by atoms with Crippen LogP contribution in [0.5, 0.6) is 0 Å². The molecular formula is C5H7In. The van der Waals surface area contributed by atoms with Gasteiger partial charge in [0.2, 0.25) is 0 Å². The molecule has 0 fully saturated rings. The second-order valence-corrected chi connectivity index (χ2v) is 8.73. The van der Waals surface area contributed by atoms with Crippen LogP contribution < -0.4 is 0 Å². The molecule has 0 aromatic heterocycles. The SMILES string of the molecule is [CH3][In]1[CH]=CC=[CH]1. The fourth-order valence-corrected chi connectivity index (χ4v) is 3.64. The van der Waals surface area contributed by atoms with Crippen molar-refractivity contribution in [3.8, 4) is 0 Å². The average molecular weight is 182 g/mol. The molecular weight excluding hydrogens is 175 g/mol. The molecule has 0 unspecified atom stereocenters. The van der Waals surface area contributed by atoms with E-state index in [2.05, 4.69) is 24.5 Å². The first-order valence-electron chi connectivity index (χ1n) is 2.24. The summed E-state index contributed by atoms with van der Waals surface area (Å²) < 4.78 is 7.13. The van der Waals surface area contributed by atoms with Gasteiger partial charge in [-0.3, -0.25) is 0 Å². The van der Waals surface area contributed by atoms with E-state index in [4.69, 9.17) is 0 Å². The van der Waals surface area contributed by atoms with Crippen molar-refractivity contribution >= 4 is 21.4 Å². The fourth-order valence-electron chi connectivity index (χ4n) is 0.543. The summed E-state index contributed by atoms with van der Waals surface area (Å²) in [5.74, 6) is 0. The molecule has 1 heterocycles. The van der Waals surface area contributed by atoms with Crippen molar-refractivity contribution in [3.63, 3.8) is 0 Å². The van der Waals surface area contributed by atoms with Crippen LogP contribution in [0.1, 0.15) is 0 Å². The summed E-state index contributed by atoms with van der Waals surface area (Å²) >= 11 is -0.971. The topological polar surface area (TPSA) is 0 Å². The zero-order chi connectivity index (χ0) is 4.41. The normalized spacial score (nSPS) is 17.2. The van der Waals surface area contributed by atoms with Gasteiger partial charge in [-0.15, -0.1) is 0 Å². The second kappa shape index (κ2) is 1.87. The van der Waals surface area contributed by atoms with Gasteiger partial charge >= 0.3 is 45.9 Å². The zero-order valence-electron chi connectivity index (χ0n) is 3.89. The third kappa shape index (κ3) is 0.904. The van der Waals surface area contributed by atoms with Gasteiger partial charge in [0.25, 0.3) is 0 Å². The van der Waals surface area contributed by atoms with Gasteiger partial charge in [-0.2, -0.15) is 0 Å². The fraction of sp³-hybridized carbons (Fsp3) is 0.200. The number of hydrogen-bond acceptors (Lipinski definition) is 0. The molecule has 0 nitrogen and oxygen atoms in total. The molecule has 0 aromatic rings. The van der Waals surface area contributed by atoms with Crippen LogP contribution in [0.4, 0.5) is 0 Å². The summed E-state index contributed by atoms with van der Waals surface area (Å²) in [7, 11) is 0. The van der Waals surface area contributed by atoms with Gasteiger partial charge < -0.3 is 0 Å². The van der Waals surface area contributed by atoms with Gasteiger partial charge in [0.1, 0.15) is 0 Å². The van der Waals surface area contributed by atoms with Crippen molar-refractivity contribution < 1.29 is 0 Å². The van der Waals surface area contributed by atoms with Crippen LogP contribution in [-0.4, -0.2) is 21.4 Å². The summed E-state index contributed by atoms with van der Waals surface area (Å²) in [6.45, 7) is 0. The molecule has 6 heavy (non-hydrogen) atoms. The average Bonchev–Trinajstić information content (AvgIpc) is 1.86. The summed E-state index contributed by atoms with van der Waals surface area (Å²) in [5.41, 5.74) is 0. The minimum atomic E-state index is -0.971. The summed E-state index contributed by atoms with van der Waals surface area (Å²) in [6, 6.07) is 0. The molecule has 0 amide bonds. The van der Waals surface area contributed by atoms with Crippen molar-refractivity contribution in [1.82, 2.24) is 0 Å². The van der Waals surface area contributed by atoms with E-state index in [1.807, 2.05) is 0 Å². The summed E-state index contributed by atoms with van der Waals surface area (Å²) in [6.07, 6.45) is 4.33. The predicted molar refractivity (Wildman–Crippen MR) is 29.9 cm³/mol. The Balaban J connectivity index is 2.60. The van der Waals surface area contributed by atoms with Crippen LogP contribution in [0, 0.1) is 0 Å². The van der Waals surface area contributed by atoms with Crippen molar-refractivity contribution in [2.75, 3.05) is 0 Å². The molecule has 30 valence electrons. The van der Waals surface area contributed by atoms with Crippen LogP contribution in [0.15, 0.2) is 19.8 Å². The molecule has 0 aliphatic carbocycles. The first-order chi connectivity index (χ1) is 2.89. The van der Waals surface area contributed by atoms with Gasteiger partial charge in [0, 0.05) is 0 Å². The van der Waals surface area contributed by atoms with Gasteiger partial charge in [0.15, 0.2) is 0 Å². The number of allylic oxidation sites excluding steroid dienone is 2. The molecule has 1 rings (SSSR count). The first-order valence-corrected chi connectivity index (χ1v) is 9.35. The Morgan fingerprint density at radius 3 is 1.83 bits per heavy atom. The van der Waals surface area contributed by atoms with E-state index in [9.17, 15) is 0 Å². The Hall–Kier alpha value is 0.350. The van der Waals surface area contributed by atoms with Crippen molar-refractivity contribution in [2.45, 2.75) is 4.68 Å². The van der Waals surface area contributed by atoms with Crippen LogP contribution in [-0.2, 0) is 0 Å². The molecule has 1 aliphatic rings. The third-order valence-corrected chi connectivity index (χ3v) is 5.67. The third-order valence-electron chi connectivity index (χ3n) is 0.940. The molecule has 0 radical (unpaired) electrons. The van der Waals surface area contributed by atoms with Gasteiger partial charge in [-0.1, -0.05) is 0 Å². The molecule has 0 bridgehead atoms. The molecule has 0 saturated heterocycles. The van der Waals surface area contributed by atoms with Gasteiger partial charge in [-0.05, 0) is 0 Å². The predicted octanol–water partition coefficient (Wildman–Crippen LogP) is 1.32. The van der Waals surface area contributed by atoms with Crippen LogP contribution in [0.25, 0.3) is 0 Å². The molecule has 0 spiro atoms. The van der Waals surface area contributed by atoms with E-state index < -0.39 is 21.4 Å². The van der Waals surface area contributed by atoms with Gasteiger partial charge in [-0.25, -0.2) is 0 Å². The van der Waals surface area contributed by atoms with E-state index in [0.717, 1.165) is 0 Å². The Morgan fingerprint density at radius 1 is 1.17 bits per heavy atom. The summed E-state index contributed by atoms with van der Waals surface area (Å²) in [5, 5.41) is 0. The van der Waals surface area contributed by atoms with Crippen LogP contribution in [0.2, 0.25) is 4.68 Å². The molecule has 0 aromatic carbocycles. The number of rotatable bonds is 0. The Labute approximate surface area is 46.1 Å². The quantitative estimate of drug-likeness (QED) is 0.529. The van der Waals surface area contributed by atoms with E-state index >= 15 is 0 Å². The molecule has 1 heteroatoms. The maximum absolute atomic E-state index is 2.38. The molecule has 0 N–H and O–H groups in total. The molecule has 1 aliphatic heterocycles. The van der Waals surface area contributed by atoms with Crippen molar-refractivity contribution in [1.29, 1.82) is 0 Å². The summed E-state index contributed by atoms with van der Waals surface area (Å²) in [4.78, 5) is 0. The maximum atomic E-state index is 2.38. The Bertz CT molecular complexity index is 80.1. The van der Waals surface area contributed by atoms with E-state index in [0.29, 0.717) is 0 Å². The standard InChI is InChI=1S/C4H4.CH3.In/c1-3-4-2;;/h1-4H;1H3;. The monoisotopic (exact) mass is 182 g/mol. The molecule has 0 saturated carbocycles. The van der Waals surface area contributed by atoms with E-state index in [1.54, 1.807) is 0 Å². The van der Waals surface area contributed by atoms with Crippen LogP contribution >= 0.6 is 0 Å². The van der Waals surface area contributed by atoms with Crippen molar-refractivity contribution in [2.24, 2.45) is 0 Å². The van der Waals surface area contributed by atoms with Gasteiger partial charge in [0.05, 0.1) is 0 Å². The number of hydrogen-bond donors (Lipinski definition) is 0. The molecule has 0 atom stereocenters. The minimum absolute atomic E-state index is 0.971. The Morgan fingerprint density at radius 2 is 1.67 bits per heavy atom.